The van der Waals surface area contributed by atoms with Gasteiger partial charge in [0, 0.05) is 18.0 Å². The largest absolute Gasteiger partial charge is 0.481 e. The number of carbonyl (C=O) groups excluding carboxylic acids is 1. The number of carboxylic acids is 1. The van der Waals surface area contributed by atoms with Crippen molar-refractivity contribution in [1.82, 2.24) is 10.2 Å². The lowest BCUT2D eigenvalue weighted by Crippen LogP contribution is -2.50. The second kappa shape index (κ2) is 6.18. The molecule has 5 heteroatoms. The zero-order valence-electron chi connectivity index (χ0n) is 11.5. The highest BCUT2D eigenvalue weighted by molar-refractivity contribution is 5.83. The van der Waals surface area contributed by atoms with Gasteiger partial charge in [0.15, 0.2) is 0 Å². The van der Waals surface area contributed by atoms with Crippen molar-refractivity contribution in [1.29, 1.82) is 0 Å². The molecule has 1 aliphatic rings. The van der Waals surface area contributed by atoms with E-state index in [2.05, 4.69) is 5.32 Å². The third kappa shape index (κ3) is 3.70. The lowest BCUT2D eigenvalue weighted by atomic mass is 9.79. The first-order chi connectivity index (χ1) is 8.37. The van der Waals surface area contributed by atoms with E-state index in [1.165, 1.54) is 0 Å². The van der Waals surface area contributed by atoms with Gasteiger partial charge in [-0.15, -0.1) is 0 Å². The summed E-state index contributed by atoms with van der Waals surface area (Å²) in [4.78, 5) is 24.9. The van der Waals surface area contributed by atoms with Crippen molar-refractivity contribution in [3.63, 3.8) is 0 Å². The first-order valence-electron chi connectivity index (χ1n) is 6.60. The number of aliphatic carboxylic acids is 1. The van der Waals surface area contributed by atoms with Crippen LogP contribution in [0.1, 0.15) is 40.0 Å². The van der Waals surface area contributed by atoms with Gasteiger partial charge in [0.05, 0.1) is 6.42 Å². The third-order valence-corrected chi connectivity index (χ3v) is 3.67. The van der Waals surface area contributed by atoms with Gasteiger partial charge in [-0.05, 0) is 39.8 Å². The molecular weight excluding hydrogens is 232 g/mol. The number of rotatable bonds is 5. The molecule has 1 amide bonds. The van der Waals surface area contributed by atoms with Crippen molar-refractivity contribution in [3.05, 3.63) is 0 Å². The average Bonchev–Trinajstić information content (AvgIpc) is 2.29. The predicted molar refractivity (Wildman–Crippen MR) is 69.3 cm³/mol. The van der Waals surface area contributed by atoms with Crippen molar-refractivity contribution in [2.45, 2.75) is 46.1 Å². The fourth-order valence-corrected chi connectivity index (χ4v) is 2.35. The highest BCUT2D eigenvalue weighted by Crippen LogP contribution is 2.31. The Morgan fingerprint density at radius 1 is 1.33 bits per heavy atom. The number of amides is 1. The molecule has 0 aromatic rings. The summed E-state index contributed by atoms with van der Waals surface area (Å²) < 4.78 is 0. The minimum absolute atomic E-state index is 0.0122. The van der Waals surface area contributed by atoms with E-state index in [-0.39, 0.29) is 23.8 Å². The molecule has 0 unspecified atom stereocenters. The topological polar surface area (TPSA) is 69.6 Å². The Morgan fingerprint density at radius 2 is 1.89 bits per heavy atom. The molecule has 5 nitrogen and oxygen atoms in total. The molecule has 0 aliphatic carbocycles. The van der Waals surface area contributed by atoms with Crippen LogP contribution in [0, 0.1) is 5.41 Å². The molecule has 18 heavy (non-hydrogen) atoms. The van der Waals surface area contributed by atoms with Gasteiger partial charge in [-0.3, -0.25) is 9.59 Å². The normalized spacial score (nSPS) is 18.7. The Bertz CT molecular complexity index is 309. The molecular formula is C13H24N2O3. The number of carboxylic acid groups (broad SMARTS) is 1. The first kappa shape index (κ1) is 15.0. The van der Waals surface area contributed by atoms with Crippen LogP contribution in [0.15, 0.2) is 0 Å². The number of carbonyl (C=O) groups is 2. The molecule has 0 aromatic heterocycles. The van der Waals surface area contributed by atoms with E-state index in [9.17, 15) is 9.59 Å². The van der Waals surface area contributed by atoms with Crippen molar-refractivity contribution in [2.24, 2.45) is 5.41 Å². The lowest BCUT2D eigenvalue weighted by molar-refractivity contribution is -0.146. The summed E-state index contributed by atoms with van der Waals surface area (Å²) in [5.41, 5.74) is -0.339. The number of piperidine rings is 1. The number of hydrogen-bond acceptors (Lipinski definition) is 3. The molecule has 1 saturated heterocycles. The molecule has 2 N–H and O–H groups in total. The van der Waals surface area contributed by atoms with Gasteiger partial charge < -0.3 is 15.3 Å². The molecule has 1 heterocycles. The monoisotopic (exact) mass is 256 g/mol. The molecule has 0 saturated carbocycles. The maximum atomic E-state index is 12.6. The Labute approximate surface area is 109 Å². The minimum Gasteiger partial charge on any atom is -0.481 e. The fourth-order valence-electron chi connectivity index (χ4n) is 2.35. The predicted octanol–water partition coefficient (Wildman–Crippen LogP) is 1.09. The van der Waals surface area contributed by atoms with E-state index in [1.54, 1.807) is 4.90 Å². The van der Waals surface area contributed by atoms with Crippen LogP contribution in [0.4, 0.5) is 0 Å². The second-order valence-corrected chi connectivity index (χ2v) is 5.55. The minimum atomic E-state index is -0.857. The van der Waals surface area contributed by atoms with Gasteiger partial charge in [0.2, 0.25) is 5.91 Å². The van der Waals surface area contributed by atoms with Crippen LogP contribution in [0.3, 0.4) is 0 Å². The van der Waals surface area contributed by atoms with E-state index in [0.29, 0.717) is 6.54 Å². The van der Waals surface area contributed by atoms with Gasteiger partial charge in [0.1, 0.15) is 0 Å². The van der Waals surface area contributed by atoms with Gasteiger partial charge >= 0.3 is 5.97 Å². The summed E-state index contributed by atoms with van der Waals surface area (Å²) >= 11 is 0. The molecule has 104 valence electrons. The Balaban J connectivity index is 2.71. The van der Waals surface area contributed by atoms with E-state index in [0.717, 1.165) is 25.9 Å². The van der Waals surface area contributed by atoms with Crippen molar-refractivity contribution in [2.75, 3.05) is 19.6 Å². The van der Waals surface area contributed by atoms with E-state index < -0.39 is 5.97 Å². The highest BCUT2D eigenvalue weighted by Gasteiger charge is 2.38. The first-order valence-corrected chi connectivity index (χ1v) is 6.60. The summed E-state index contributed by atoms with van der Waals surface area (Å²) in [5.74, 6) is -0.760. The summed E-state index contributed by atoms with van der Waals surface area (Å²) in [5, 5.41) is 12.0. The van der Waals surface area contributed by atoms with Crippen molar-refractivity contribution < 1.29 is 14.7 Å². The molecule has 1 rings (SSSR count). The maximum absolute atomic E-state index is 12.6. The lowest BCUT2D eigenvalue weighted by Gasteiger charge is -2.39. The summed E-state index contributed by atoms with van der Waals surface area (Å²) in [6.45, 7) is 7.87. The summed E-state index contributed by atoms with van der Waals surface area (Å²) in [7, 11) is 0. The molecule has 0 atom stereocenters. The van der Waals surface area contributed by atoms with Crippen LogP contribution in [-0.4, -0.2) is 47.6 Å². The Morgan fingerprint density at radius 3 is 2.33 bits per heavy atom. The maximum Gasteiger partial charge on any atom is 0.305 e. The zero-order valence-corrected chi connectivity index (χ0v) is 11.5. The van der Waals surface area contributed by atoms with E-state index >= 15 is 0 Å². The number of nitrogens with zero attached hydrogens (tertiary/aromatic N) is 1. The Hall–Kier alpha value is -1.10. The van der Waals surface area contributed by atoms with Crippen LogP contribution < -0.4 is 5.32 Å². The van der Waals surface area contributed by atoms with Crippen molar-refractivity contribution >= 4 is 11.9 Å². The quantitative estimate of drug-likeness (QED) is 0.772. The average molecular weight is 256 g/mol. The third-order valence-electron chi connectivity index (χ3n) is 3.67. The van der Waals surface area contributed by atoms with E-state index in [1.807, 2.05) is 20.8 Å². The van der Waals surface area contributed by atoms with Crippen LogP contribution >= 0.6 is 0 Å². The molecule has 0 radical (unpaired) electrons. The molecule has 1 fully saturated rings. The summed E-state index contributed by atoms with van der Waals surface area (Å²) in [6.07, 6.45) is 1.66. The van der Waals surface area contributed by atoms with Gasteiger partial charge in [-0.25, -0.2) is 0 Å². The van der Waals surface area contributed by atoms with Crippen LogP contribution in [-0.2, 0) is 9.59 Å². The smallest absolute Gasteiger partial charge is 0.305 e. The highest BCUT2D eigenvalue weighted by atomic mass is 16.4. The summed E-state index contributed by atoms with van der Waals surface area (Å²) in [6, 6.07) is 0.0450. The van der Waals surface area contributed by atoms with Crippen LogP contribution in [0.25, 0.3) is 0 Å². The molecule has 0 spiro atoms. The van der Waals surface area contributed by atoms with Crippen molar-refractivity contribution in [3.8, 4) is 0 Å². The van der Waals surface area contributed by atoms with Gasteiger partial charge in [-0.1, -0.05) is 6.92 Å². The number of hydrogen-bond donors (Lipinski definition) is 2. The fraction of sp³-hybridized carbons (Fsp3) is 0.846. The van der Waals surface area contributed by atoms with Gasteiger partial charge in [0.25, 0.3) is 0 Å². The second-order valence-electron chi connectivity index (χ2n) is 5.55. The molecule has 1 aliphatic heterocycles. The Kier molecular flexibility index (Phi) is 5.14. The van der Waals surface area contributed by atoms with E-state index in [4.69, 9.17) is 5.11 Å². The van der Waals surface area contributed by atoms with Crippen LogP contribution in [0.5, 0.6) is 0 Å². The number of nitrogens with one attached hydrogen (secondary N) is 1. The zero-order chi connectivity index (χ0) is 13.8. The molecule has 0 bridgehead atoms. The van der Waals surface area contributed by atoms with Gasteiger partial charge in [-0.2, -0.15) is 0 Å². The SMILES string of the molecule is CC(C)N(CCC(=O)O)C(=O)C1(C)CCNCC1. The standard InChI is InChI=1S/C13H24N2O3/c1-10(2)15(9-4-11(16)17)12(18)13(3)5-7-14-8-6-13/h10,14H,4-9H2,1-3H3,(H,16,17). The molecule has 0 aromatic carbocycles. The van der Waals surface area contributed by atoms with Crippen LogP contribution in [0.2, 0.25) is 0 Å².